The Bertz CT molecular complexity index is 1990. The lowest BCUT2D eigenvalue weighted by molar-refractivity contribution is 0.629. The molecule has 1 saturated carbocycles. The van der Waals surface area contributed by atoms with E-state index in [2.05, 4.69) is 89.4 Å². The van der Waals surface area contributed by atoms with E-state index in [-0.39, 0.29) is 5.82 Å². The van der Waals surface area contributed by atoms with Crippen LogP contribution in [0.5, 0.6) is 0 Å². The summed E-state index contributed by atoms with van der Waals surface area (Å²) < 4.78 is 16.5. The zero-order chi connectivity index (χ0) is 25.2. The number of fused-ring (bicyclic) bond motifs is 4. The predicted molar refractivity (Wildman–Crippen MR) is 156 cm³/mol. The monoisotopic (exact) mass is 510 g/mol. The number of hydrogen-bond acceptors (Lipinski definition) is 2. The summed E-state index contributed by atoms with van der Waals surface area (Å²) in [5, 5.41) is 9.76. The number of pyridine rings is 1. The number of halogens is 1. The molecule has 7 aromatic rings. The van der Waals surface area contributed by atoms with Gasteiger partial charge in [0.2, 0.25) is 0 Å². The van der Waals surface area contributed by atoms with Crippen LogP contribution in [0.25, 0.3) is 59.2 Å². The van der Waals surface area contributed by atoms with Crippen molar-refractivity contribution in [2.45, 2.75) is 18.8 Å². The Kier molecular flexibility index (Phi) is 4.79. The summed E-state index contributed by atoms with van der Waals surface area (Å²) in [6.07, 6.45) is 2.30. The summed E-state index contributed by atoms with van der Waals surface area (Å²) in [5.74, 6) is 0.263. The average molecular weight is 511 g/mol. The molecule has 4 aromatic carbocycles. The summed E-state index contributed by atoms with van der Waals surface area (Å²) in [6.45, 7) is 0. The first-order valence-electron chi connectivity index (χ1n) is 13.0. The standard InChI is InChI=1S/C34H23FN2S/c35-25-15-16-27-24(19-25)20-29(22-13-14-22)37-34(27)32(23-8-2-1-3-9-23)33(36-37)31-18-17-30(38-31)28-12-6-10-21-7-4-5-11-26(21)28/h1-12,15-20,22H,13-14H2. The molecule has 38 heavy (non-hydrogen) atoms. The molecule has 0 bridgehead atoms. The fourth-order valence-corrected chi connectivity index (χ4v) is 6.75. The maximum Gasteiger partial charge on any atom is 0.123 e. The fraction of sp³-hybridized carbons (Fsp3) is 0.0882. The molecule has 2 nitrogen and oxygen atoms in total. The zero-order valence-corrected chi connectivity index (χ0v) is 21.4. The molecule has 182 valence electrons. The van der Waals surface area contributed by atoms with E-state index in [0.29, 0.717) is 5.92 Å². The van der Waals surface area contributed by atoms with Gasteiger partial charge in [0.25, 0.3) is 0 Å². The second-order valence-corrected chi connectivity index (χ2v) is 11.2. The number of hydrogen-bond donors (Lipinski definition) is 0. The van der Waals surface area contributed by atoms with Crippen LogP contribution in [0.1, 0.15) is 24.5 Å². The van der Waals surface area contributed by atoms with Gasteiger partial charge in [0, 0.05) is 27.4 Å². The van der Waals surface area contributed by atoms with E-state index < -0.39 is 0 Å². The molecule has 0 atom stereocenters. The molecule has 4 heteroatoms. The van der Waals surface area contributed by atoms with E-state index in [1.54, 1.807) is 23.5 Å². The first-order valence-corrected chi connectivity index (χ1v) is 13.8. The second kappa shape index (κ2) is 8.37. The van der Waals surface area contributed by atoms with E-state index in [4.69, 9.17) is 5.10 Å². The van der Waals surface area contributed by atoms with E-state index >= 15 is 0 Å². The first kappa shape index (κ1) is 21.8. The van der Waals surface area contributed by atoms with Gasteiger partial charge >= 0.3 is 0 Å². The van der Waals surface area contributed by atoms with Gasteiger partial charge in [0.15, 0.2) is 0 Å². The Morgan fingerprint density at radius 2 is 1.50 bits per heavy atom. The molecule has 0 unspecified atom stereocenters. The van der Waals surface area contributed by atoms with Crippen LogP contribution in [0.3, 0.4) is 0 Å². The lowest BCUT2D eigenvalue weighted by Crippen LogP contribution is -1.98. The average Bonchev–Trinajstić information content (AvgIpc) is 3.55. The molecular weight excluding hydrogens is 487 g/mol. The molecule has 0 aliphatic heterocycles. The van der Waals surface area contributed by atoms with Crippen LogP contribution >= 0.6 is 11.3 Å². The number of rotatable bonds is 4. The third-order valence-electron chi connectivity index (χ3n) is 7.65. The van der Waals surface area contributed by atoms with Crippen molar-refractivity contribution in [2.24, 2.45) is 0 Å². The van der Waals surface area contributed by atoms with Crippen molar-refractivity contribution < 1.29 is 4.39 Å². The minimum absolute atomic E-state index is 0.206. The fourth-order valence-electron chi connectivity index (χ4n) is 5.71. The van der Waals surface area contributed by atoms with Crippen LogP contribution in [0.15, 0.2) is 109 Å². The van der Waals surface area contributed by atoms with Gasteiger partial charge in [-0.05, 0) is 76.5 Å². The topological polar surface area (TPSA) is 17.3 Å². The van der Waals surface area contributed by atoms with Crippen molar-refractivity contribution in [1.82, 2.24) is 9.61 Å². The maximum atomic E-state index is 14.3. The Labute approximate surface area is 223 Å². The van der Waals surface area contributed by atoms with Gasteiger partial charge in [0.1, 0.15) is 11.5 Å². The molecule has 1 fully saturated rings. The molecule has 0 radical (unpaired) electrons. The zero-order valence-electron chi connectivity index (χ0n) is 20.6. The van der Waals surface area contributed by atoms with Crippen LogP contribution in [-0.2, 0) is 0 Å². The van der Waals surface area contributed by atoms with Crippen molar-refractivity contribution in [3.63, 3.8) is 0 Å². The largest absolute Gasteiger partial charge is 0.236 e. The van der Waals surface area contributed by atoms with Crippen molar-refractivity contribution >= 4 is 38.4 Å². The molecule has 0 saturated heterocycles. The van der Waals surface area contributed by atoms with Gasteiger partial charge < -0.3 is 0 Å². The highest BCUT2D eigenvalue weighted by molar-refractivity contribution is 7.19. The lowest BCUT2D eigenvalue weighted by atomic mass is 9.99. The molecule has 3 aromatic heterocycles. The van der Waals surface area contributed by atoms with Crippen LogP contribution in [0, 0.1) is 5.82 Å². The van der Waals surface area contributed by atoms with E-state index in [9.17, 15) is 4.39 Å². The Morgan fingerprint density at radius 3 is 2.37 bits per heavy atom. The van der Waals surface area contributed by atoms with Gasteiger partial charge in [-0.15, -0.1) is 11.3 Å². The SMILES string of the molecule is Fc1ccc2c(c1)cc(C1CC1)n1nc(-c3ccc(-c4cccc5ccccc45)s3)c(-c3ccccc3)c21. The van der Waals surface area contributed by atoms with Gasteiger partial charge in [-0.1, -0.05) is 72.8 Å². The van der Waals surface area contributed by atoms with E-state index in [0.717, 1.165) is 50.8 Å². The quantitative estimate of drug-likeness (QED) is 0.230. The van der Waals surface area contributed by atoms with Gasteiger partial charge in [0.05, 0.1) is 10.4 Å². The number of nitrogens with zero attached hydrogens (tertiary/aromatic N) is 2. The molecule has 3 heterocycles. The molecule has 0 N–H and O–H groups in total. The summed E-state index contributed by atoms with van der Waals surface area (Å²) in [4.78, 5) is 2.36. The third kappa shape index (κ3) is 3.41. The maximum absolute atomic E-state index is 14.3. The summed E-state index contributed by atoms with van der Waals surface area (Å²) >= 11 is 1.78. The first-order chi connectivity index (χ1) is 18.7. The summed E-state index contributed by atoms with van der Waals surface area (Å²) in [6, 6.07) is 37.2. The molecule has 1 aliphatic rings. The second-order valence-electron chi connectivity index (χ2n) is 10.1. The van der Waals surface area contributed by atoms with Gasteiger partial charge in [-0.2, -0.15) is 5.10 Å². The molecule has 0 spiro atoms. The van der Waals surface area contributed by atoms with Crippen LogP contribution in [-0.4, -0.2) is 9.61 Å². The van der Waals surface area contributed by atoms with Crippen molar-refractivity contribution in [3.05, 3.63) is 121 Å². The number of aromatic nitrogens is 2. The smallest absolute Gasteiger partial charge is 0.123 e. The number of benzene rings is 4. The van der Waals surface area contributed by atoms with Gasteiger partial charge in [-0.3, -0.25) is 0 Å². The molecular formula is C34H23FN2S. The van der Waals surface area contributed by atoms with Crippen LogP contribution in [0.2, 0.25) is 0 Å². The summed E-state index contributed by atoms with van der Waals surface area (Å²) in [7, 11) is 0. The molecule has 8 rings (SSSR count). The highest BCUT2D eigenvalue weighted by atomic mass is 32.1. The van der Waals surface area contributed by atoms with E-state index in [1.165, 1.54) is 26.9 Å². The molecule has 0 amide bonds. The number of thiophene rings is 1. The predicted octanol–water partition coefficient (Wildman–Crippen LogP) is 9.72. The minimum Gasteiger partial charge on any atom is -0.236 e. The minimum atomic E-state index is -0.206. The third-order valence-corrected chi connectivity index (χ3v) is 8.78. The highest BCUT2D eigenvalue weighted by Gasteiger charge is 2.30. The van der Waals surface area contributed by atoms with Gasteiger partial charge in [-0.25, -0.2) is 8.91 Å². The van der Waals surface area contributed by atoms with Crippen molar-refractivity contribution in [1.29, 1.82) is 0 Å². The normalized spacial score (nSPS) is 13.6. The Morgan fingerprint density at radius 1 is 0.711 bits per heavy atom. The highest BCUT2D eigenvalue weighted by Crippen LogP contribution is 2.47. The van der Waals surface area contributed by atoms with Crippen LogP contribution in [0.4, 0.5) is 4.39 Å². The van der Waals surface area contributed by atoms with Crippen molar-refractivity contribution in [3.8, 4) is 32.1 Å². The Balaban J connectivity index is 1.42. The Hall–Kier alpha value is -4.28. The summed E-state index contributed by atoms with van der Waals surface area (Å²) in [5.41, 5.74) is 6.68. The molecule has 1 aliphatic carbocycles. The lowest BCUT2D eigenvalue weighted by Gasteiger charge is -2.09. The van der Waals surface area contributed by atoms with Crippen molar-refractivity contribution in [2.75, 3.05) is 0 Å². The van der Waals surface area contributed by atoms with E-state index in [1.807, 2.05) is 12.1 Å². The van der Waals surface area contributed by atoms with Crippen LogP contribution < -0.4 is 0 Å².